The highest BCUT2D eigenvalue weighted by Crippen LogP contribution is 2.12. The molecule has 0 unspecified atom stereocenters. The largest absolute Gasteiger partial charge is 0.481 e. The third-order valence-electron chi connectivity index (χ3n) is 1.88. The average Bonchev–Trinajstić information content (AvgIpc) is 2.25. The van der Waals surface area contributed by atoms with Gasteiger partial charge < -0.3 is 5.11 Å². The van der Waals surface area contributed by atoms with E-state index >= 15 is 0 Å². The van der Waals surface area contributed by atoms with E-state index in [0.29, 0.717) is 0 Å². The number of carboxylic acid groups (broad SMARTS) is 1. The minimum absolute atomic E-state index is 0.366. The Morgan fingerprint density at radius 2 is 1.60 bits per heavy atom. The van der Waals surface area contributed by atoms with Gasteiger partial charge in [-0.1, -0.05) is 5.92 Å². The fourth-order valence-electron chi connectivity index (χ4n) is 1.04. The summed E-state index contributed by atoms with van der Waals surface area (Å²) in [6.45, 7) is 0. The van der Waals surface area contributed by atoms with Crippen molar-refractivity contribution in [3.63, 3.8) is 0 Å². The van der Waals surface area contributed by atoms with Gasteiger partial charge >= 0.3 is 5.97 Å². The molecule has 1 rings (SSSR count). The van der Waals surface area contributed by atoms with Crippen LogP contribution >= 0.6 is 0 Å². The molecule has 108 valence electrons. The molecule has 1 aromatic rings. The van der Waals surface area contributed by atoms with Gasteiger partial charge in [-0.05, 0) is 5.92 Å². The van der Waals surface area contributed by atoms with E-state index in [1.807, 2.05) is 0 Å². The normalized spacial score (nSPS) is 11.5. The maximum Gasteiger partial charge on any atom is 0.315 e. The predicted molar refractivity (Wildman–Crippen MR) is 67.4 cm³/mol. The van der Waals surface area contributed by atoms with Gasteiger partial charge in [0.25, 0.3) is 0 Å². The lowest BCUT2D eigenvalue weighted by Crippen LogP contribution is -2.09. The van der Waals surface area contributed by atoms with Crippen LogP contribution in [-0.2, 0) is 24.5 Å². The molecule has 10 heteroatoms. The Kier molecular flexibility index (Phi) is 4.46. The number of sulfone groups is 2. The van der Waals surface area contributed by atoms with Crippen molar-refractivity contribution in [2.45, 2.75) is 16.5 Å². The lowest BCUT2D eigenvalue weighted by molar-refractivity contribution is -0.135. The molecule has 0 bridgehead atoms. The van der Waals surface area contributed by atoms with Crippen LogP contribution in [0.25, 0.3) is 0 Å². The summed E-state index contributed by atoms with van der Waals surface area (Å²) in [6, 6.07) is 0.826. The van der Waals surface area contributed by atoms with Crippen molar-refractivity contribution < 1.29 is 26.7 Å². The Bertz CT molecular complexity index is 765. The average molecular weight is 318 g/mol. The molecule has 0 aliphatic heterocycles. The molecule has 1 N–H and O–H groups in total. The first-order valence-corrected chi connectivity index (χ1v) is 8.78. The van der Waals surface area contributed by atoms with Gasteiger partial charge in [0, 0.05) is 18.6 Å². The number of aliphatic carboxylic acids is 1. The second-order valence-electron chi connectivity index (χ2n) is 3.78. The molecule has 0 amide bonds. The topological polar surface area (TPSA) is 131 Å². The maximum absolute atomic E-state index is 11.4. The highest BCUT2D eigenvalue weighted by molar-refractivity contribution is 7.91. The van der Waals surface area contributed by atoms with Crippen molar-refractivity contribution in [3.8, 4) is 11.8 Å². The first-order valence-electron chi connectivity index (χ1n) is 5.00. The molecule has 0 saturated carbocycles. The Hall–Kier alpha value is -1.99. The summed E-state index contributed by atoms with van der Waals surface area (Å²) >= 11 is 0. The minimum atomic E-state index is -3.75. The van der Waals surface area contributed by atoms with Gasteiger partial charge in [-0.15, -0.1) is 0 Å². The molecule has 0 spiro atoms. The molecule has 0 aromatic carbocycles. The van der Waals surface area contributed by atoms with Crippen LogP contribution in [0.3, 0.4) is 0 Å². The van der Waals surface area contributed by atoms with E-state index in [2.05, 4.69) is 21.8 Å². The van der Waals surface area contributed by atoms with Crippen molar-refractivity contribution in [1.29, 1.82) is 0 Å². The molecule has 0 fully saturated rings. The molecule has 0 aliphatic carbocycles. The number of hydrogen-bond donors (Lipinski definition) is 1. The third-order valence-corrected chi connectivity index (χ3v) is 3.82. The van der Waals surface area contributed by atoms with Crippen LogP contribution < -0.4 is 0 Å². The zero-order valence-corrected chi connectivity index (χ0v) is 12.1. The van der Waals surface area contributed by atoms with Gasteiger partial charge in [-0.2, -0.15) is 0 Å². The Morgan fingerprint density at radius 1 is 1.15 bits per heavy atom. The molecule has 0 radical (unpaired) electrons. The van der Waals surface area contributed by atoms with Gasteiger partial charge in [0.15, 0.2) is 29.7 Å². The van der Waals surface area contributed by atoms with E-state index in [0.717, 1.165) is 18.6 Å². The Labute approximate surface area is 115 Å². The van der Waals surface area contributed by atoms with Crippen LogP contribution in [0.2, 0.25) is 0 Å². The van der Waals surface area contributed by atoms with Crippen molar-refractivity contribution in [3.05, 3.63) is 11.9 Å². The molecule has 0 saturated heterocycles. The standard InChI is InChI=1S/C10H10N2O6S2/c1-19(15,16)8-6-9(20(2,17)18)12-7(11-8)4-3-5-10(13)14/h6H,5H2,1-2H3,(H,13,14). The maximum atomic E-state index is 11.4. The summed E-state index contributed by atoms with van der Waals surface area (Å²) in [7, 11) is -7.50. The number of rotatable bonds is 3. The quantitative estimate of drug-likeness (QED) is 0.561. The summed E-state index contributed by atoms with van der Waals surface area (Å²) in [5, 5.41) is 7.44. The molecular weight excluding hydrogens is 308 g/mol. The number of aromatic nitrogens is 2. The van der Waals surface area contributed by atoms with Crippen molar-refractivity contribution >= 4 is 25.6 Å². The van der Waals surface area contributed by atoms with E-state index in [-0.39, 0.29) is 5.82 Å². The lowest BCUT2D eigenvalue weighted by atomic mass is 10.4. The van der Waals surface area contributed by atoms with Gasteiger partial charge in [-0.3, -0.25) is 4.79 Å². The Morgan fingerprint density at radius 3 is 1.95 bits per heavy atom. The summed E-state index contributed by atoms with van der Waals surface area (Å²) in [5.74, 6) is 2.87. The van der Waals surface area contributed by atoms with E-state index in [1.54, 1.807) is 0 Å². The van der Waals surface area contributed by atoms with Crippen LogP contribution in [0.15, 0.2) is 16.1 Å². The van der Waals surface area contributed by atoms with Crippen molar-refractivity contribution in [1.82, 2.24) is 9.97 Å². The van der Waals surface area contributed by atoms with Gasteiger partial charge in [-0.25, -0.2) is 26.8 Å². The molecule has 1 heterocycles. The summed E-state index contributed by atoms with van der Waals surface area (Å²) in [6.07, 6.45) is 1.21. The van der Waals surface area contributed by atoms with Crippen LogP contribution in [0.1, 0.15) is 12.2 Å². The van der Waals surface area contributed by atoms with Gasteiger partial charge in [0.05, 0.1) is 0 Å². The second-order valence-corrected chi connectivity index (χ2v) is 7.71. The predicted octanol–water partition coefficient (Wildman–Crippen LogP) is -0.890. The smallest absolute Gasteiger partial charge is 0.315 e. The highest BCUT2D eigenvalue weighted by atomic mass is 32.2. The molecular formula is C10H10N2O6S2. The molecule has 8 nitrogen and oxygen atoms in total. The monoisotopic (exact) mass is 318 g/mol. The number of nitrogens with zero attached hydrogens (tertiary/aromatic N) is 2. The minimum Gasteiger partial charge on any atom is -0.481 e. The van der Waals surface area contributed by atoms with Crippen LogP contribution in [0, 0.1) is 11.8 Å². The molecule has 1 aromatic heterocycles. The number of carboxylic acids is 1. The van der Waals surface area contributed by atoms with Crippen LogP contribution in [0.4, 0.5) is 0 Å². The van der Waals surface area contributed by atoms with E-state index in [1.165, 1.54) is 0 Å². The fraction of sp³-hybridized carbons (Fsp3) is 0.300. The Balaban J connectivity index is 3.45. The van der Waals surface area contributed by atoms with Crippen LogP contribution in [0.5, 0.6) is 0 Å². The summed E-state index contributed by atoms with van der Waals surface area (Å²) in [5.41, 5.74) is 0. The summed E-state index contributed by atoms with van der Waals surface area (Å²) in [4.78, 5) is 17.5. The van der Waals surface area contributed by atoms with Crippen molar-refractivity contribution in [2.24, 2.45) is 0 Å². The van der Waals surface area contributed by atoms with Crippen LogP contribution in [-0.4, -0.2) is 50.4 Å². The van der Waals surface area contributed by atoms with Gasteiger partial charge in [0.2, 0.25) is 5.82 Å². The fourth-order valence-corrected chi connectivity index (χ4v) is 2.27. The first-order chi connectivity index (χ1) is 9.00. The molecule has 20 heavy (non-hydrogen) atoms. The number of hydrogen-bond acceptors (Lipinski definition) is 7. The lowest BCUT2D eigenvalue weighted by Gasteiger charge is -2.02. The summed E-state index contributed by atoms with van der Waals surface area (Å²) < 4.78 is 45.7. The second kappa shape index (κ2) is 5.56. The van der Waals surface area contributed by atoms with E-state index in [9.17, 15) is 21.6 Å². The third kappa shape index (κ3) is 4.60. The van der Waals surface area contributed by atoms with Crippen molar-refractivity contribution in [2.75, 3.05) is 12.5 Å². The van der Waals surface area contributed by atoms with Gasteiger partial charge in [0.1, 0.15) is 6.42 Å². The highest BCUT2D eigenvalue weighted by Gasteiger charge is 2.17. The molecule has 0 atom stereocenters. The first kappa shape index (κ1) is 16.1. The van der Waals surface area contributed by atoms with E-state index < -0.39 is 42.1 Å². The zero-order chi connectivity index (χ0) is 15.6. The molecule has 0 aliphatic rings. The zero-order valence-electron chi connectivity index (χ0n) is 10.5. The SMILES string of the molecule is CS(=O)(=O)c1cc(S(C)(=O)=O)nc(C#CCC(=O)O)n1. The van der Waals surface area contributed by atoms with E-state index in [4.69, 9.17) is 5.11 Å². The number of carbonyl (C=O) groups is 1.